The second-order valence-electron chi connectivity index (χ2n) is 5.35. The summed E-state index contributed by atoms with van der Waals surface area (Å²) >= 11 is 2.90. The van der Waals surface area contributed by atoms with Crippen molar-refractivity contribution in [1.82, 2.24) is 25.5 Å². The number of hydrogen-bond acceptors (Lipinski definition) is 6. The van der Waals surface area contributed by atoms with Crippen LogP contribution >= 0.6 is 23.1 Å². The molecule has 0 radical (unpaired) electrons. The molecular formula is C16H16FN5OS2. The predicted octanol–water partition coefficient (Wildman–Crippen LogP) is 2.64. The molecule has 0 spiro atoms. The molecule has 2 heterocycles. The second-order valence-corrected chi connectivity index (χ2v) is 7.32. The molecule has 0 bridgehead atoms. The van der Waals surface area contributed by atoms with E-state index in [-0.39, 0.29) is 24.0 Å². The van der Waals surface area contributed by atoms with Crippen LogP contribution in [0.15, 0.2) is 40.9 Å². The first-order valence-electron chi connectivity index (χ1n) is 7.55. The van der Waals surface area contributed by atoms with Crippen LogP contribution in [-0.4, -0.2) is 31.9 Å². The lowest BCUT2D eigenvalue weighted by molar-refractivity contribution is -0.118. The van der Waals surface area contributed by atoms with Gasteiger partial charge in [0.25, 0.3) is 0 Å². The highest BCUT2D eigenvalue weighted by Crippen LogP contribution is 2.17. The largest absolute Gasteiger partial charge is 0.351 e. The molecular weight excluding hydrogens is 361 g/mol. The molecule has 1 aromatic carbocycles. The molecule has 1 amide bonds. The van der Waals surface area contributed by atoms with Crippen molar-refractivity contribution in [2.45, 2.75) is 25.2 Å². The molecule has 0 saturated carbocycles. The number of tetrazole rings is 1. The topological polar surface area (TPSA) is 72.7 Å². The lowest BCUT2D eigenvalue weighted by atomic mass is 10.1. The Morgan fingerprint density at radius 1 is 1.40 bits per heavy atom. The summed E-state index contributed by atoms with van der Waals surface area (Å²) in [5.41, 5.74) is 1.31. The number of carbonyl (C=O) groups excluding carboxylic acids is 1. The number of thioether (sulfide) groups is 1. The van der Waals surface area contributed by atoms with Gasteiger partial charge >= 0.3 is 0 Å². The third-order valence-corrected chi connectivity index (χ3v) is 5.26. The molecule has 130 valence electrons. The van der Waals surface area contributed by atoms with E-state index in [9.17, 15) is 9.18 Å². The monoisotopic (exact) mass is 377 g/mol. The van der Waals surface area contributed by atoms with E-state index in [1.807, 2.05) is 17.5 Å². The number of benzene rings is 1. The fourth-order valence-electron chi connectivity index (χ4n) is 2.08. The minimum Gasteiger partial charge on any atom is -0.351 e. The van der Waals surface area contributed by atoms with Crippen molar-refractivity contribution >= 4 is 29.0 Å². The summed E-state index contributed by atoms with van der Waals surface area (Å²) in [7, 11) is 0. The van der Waals surface area contributed by atoms with Gasteiger partial charge in [0.05, 0.1) is 12.3 Å². The van der Waals surface area contributed by atoms with Crippen molar-refractivity contribution in [2.24, 2.45) is 0 Å². The van der Waals surface area contributed by atoms with E-state index < -0.39 is 0 Å². The lowest BCUT2D eigenvalue weighted by Gasteiger charge is -2.06. The number of nitrogens with one attached hydrogen (secondary N) is 1. The van der Waals surface area contributed by atoms with E-state index in [0.717, 1.165) is 10.4 Å². The molecule has 3 rings (SSSR count). The molecule has 0 saturated heterocycles. The quantitative estimate of drug-likeness (QED) is 0.641. The smallest absolute Gasteiger partial charge is 0.230 e. The average Bonchev–Trinajstić information content (AvgIpc) is 3.26. The number of carbonyl (C=O) groups is 1. The number of thiophene rings is 1. The maximum atomic E-state index is 13.5. The minimum atomic E-state index is -0.270. The number of rotatable bonds is 7. The summed E-state index contributed by atoms with van der Waals surface area (Å²) in [5, 5.41) is 16.9. The van der Waals surface area contributed by atoms with Gasteiger partial charge in [0.1, 0.15) is 5.82 Å². The van der Waals surface area contributed by atoms with Crippen LogP contribution in [0.3, 0.4) is 0 Å². The summed E-state index contributed by atoms with van der Waals surface area (Å²) < 4.78 is 15.2. The molecule has 25 heavy (non-hydrogen) atoms. The van der Waals surface area contributed by atoms with Crippen molar-refractivity contribution in [3.05, 3.63) is 57.5 Å². The van der Waals surface area contributed by atoms with Crippen LogP contribution in [0.25, 0.3) is 0 Å². The van der Waals surface area contributed by atoms with Gasteiger partial charge in [0.15, 0.2) is 0 Å². The van der Waals surface area contributed by atoms with E-state index in [0.29, 0.717) is 17.3 Å². The molecule has 3 aromatic rings. The molecule has 2 aromatic heterocycles. The van der Waals surface area contributed by atoms with Gasteiger partial charge in [-0.25, -0.2) is 9.07 Å². The van der Waals surface area contributed by atoms with E-state index in [1.165, 1.54) is 17.8 Å². The molecule has 0 aliphatic rings. The predicted molar refractivity (Wildman–Crippen MR) is 94.9 cm³/mol. The van der Waals surface area contributed by atoms with E-state index in [1.54, 1.807) is 35.1 Å². The van der Waals surface area contributed by atoms with Crippen molar-refractivity contribution in [1.29, 1.82) is 0 Å². The van der Waals surface area contributed by atoms with Gasteiger partial charge in [-0.1, -0.05) is 30.0 Å². The third kappa shape index (κ3) is 4.86. The third-order valence-electron chi connectivity index (χ3n) is 3.44. The van der Waals surface area contributed by atoms with Gasteiger partial charge in [-0.05, 0) is 46.0 Å². The van der Waals surface area contributed by atoms with Crippen LogP contribution in [0, 0.1) is 12.7 Å². The van der Waals surface area contributed by atoms with Crippen LogP contribution in [0.2, 0.25) is 0 Å². The highest BCUT2D eigenvalue weighted by molar-refractivity contribution is 7.99. The number of aryl methyl sites for hydroxylation is 1. The Morgan fingerprint density at radius 3 is 3.04 bits per heavy atom. The first-order valence-corrected chi connectivity index (χ1v) is 9.41. The van der Waals surface area contributed by atoms with Crippen molar-refractivity contribution in [2.75, 3.05) is 5.75 Å². The summed E-state index contributed by atoms with van der Waals surface area (Å²) in [4.78, 5) is 13.1. The SMILES string of the molecule is Cc1ccc(CNC(=O)CSc2nnnn2Cc2cccs2)cc1F. The van der Waals surface area contributed by atoms with Crippen LogP contribution in [0.4, 0.5) is 4.39 Å². The number of amides is 1. The Kier molecular flexibility index (Phi) is 5.77. The van der Waals surface area contributed by atoms with Crippen LogP contribution < -0.4 is 5.32 Å². The van der Waals surface area contributed by atoms with Gasteiger partial charge in [-0.2, -0.15) is 0 Å². The number of hydrogen-bond donors (Lipinski definition) is 1. The van der Waals surface area contributed by atoms with Gasteiger partial charge in [0.2, 0.25) is 11.1 Å². The zero-order valence-corrected chi connectivity index (χ0v) is 15.1. The van der Waals surface area contributed by atoms with E-state index in [2.05, 4.69) is 20.8 Å². The molecule has 0 aliphatic carbocycles. The summed E-state index contributed by atoms with van der Waals surface area (Å²) in [6, 6.07) is 8.91. The van der Waals surface area contributed by atoms with Crippen molar-refractivity contribution < 1.29 is 9.18 Å². The highest BCUT2D eigenvalue weighted by Gasteiger charge is 2.11. The first kappa shape index (κ1) is 17.6. The summed E-state index contributed by atoms with van der Waals surface area (Å²) in [5.74, 6) is -0.232. The Hall–Kier alpha value is -2.26. The minimum absolute atomic E-state index is 0.156. The first-order chi connectivity index (χ1) is 12.1. The molecule has 0 unspecified atom stereocenters. The van der Waals surface area contributed by atoms with Crippen LogP contribution in [0.1, 0.15) is 16.0 Å². The molecule has 6 nitrogen and oxygen atoms in total. The Bertz CT molecular complexity index is 850. The zero-order chi connectivity index (χ0) is 17.6. The molecule has 0 aliphatic heterocycles. The second kappa shape index (κ2) is 8.21. The van der Waals surface area contributed by atoms with Crippen molar-refractivity contribution in [3.8, 4) is 0 Å². The standard InChI is InChI=1S/C16H16FN5OS2/c1-11-4-5-12(7-14(11)17)8-18-15(23)10-25-16-19-20-21-22(16)9-13-3-2-6-24-13/h2-7H,8-10H2,1H3,(H,18,23). The maximum absolute atomic E-state index is 13.5. The van der Waals surface area contributed by atoms with Gasteiger partial charge in [0, 0.05) is 11.4 Å². The summed E-state index contributed by atoms with van der Waals surface area (Å²) in [6.45, 7) is 2.57. The average molecular weight is 377 g/mol. The fraction of sp³-hybridized carbons (Fsp3) is 0.250. The Balaban J connectivity index is 1.49. The molecule has 1 N–H and O–H groups in total. The number of aromatic nitrogens is 4. The normalized spacial score (nSPS) is 10.8. The zero-order valence-electron chi connectivity index (χ0n) is 13.5. The Morgan fingerprint density at radius 2 is 2.28 bits per heavy atom. The van der Waals surface area contributed by atoms with Gasteiger partial charge < -0.3 is 5.32 Å². The maximum Gasteiger partial charge on any atom is 0.230 e. The van der Waals surface area contributed by atoms with Crippen LogP contribution in [0.5, 0.6) is 0 Å². The van der Waals surface area contributed by atoms with Crippen molar-refractivity contribution in [3.63, 3.8) is 0 Å². The van der Waals surface area contributed by atoms with Crippen LogP contribution in [-0.2, 0) is 17.9 Å². The fourth-order valence-corrected chi connectivity index (χ4v) is 3.47. The van der Waals surface area contributed by atoms with E-state index in [4.69, 9.17) is 0 Å². The molecule has 0 atom stereocenters. The van der Waals surface area contributed by atoms with Gasteiger partial charge in [-0.15, -0.1) is 16.4 Å². The van der Waals surface area contributed by atoms with E-state index >= 15 is 0 Å². The number of halogens is 1. The highest BCUT2D eigenvalue weighted by atomic mass is 32.2. The van der Waals surface area contributed by atoms with Gasteiger partial charge in [-0.3, -0.25) is 4.79 Å². The lowest BCUT2D eigenvalue weighted by Crippen LogP contribution is -2.24. The summed E-state index contributed by atoms with van der Waals surface area (Å²) in [6.07, 6.45) is 0. The molecule has 0 fully saturated rings. The molecule has 9 heteroatoms. The number of nitrogens with zero attached hydrogens (tertiary/aromatic N) is 4. The Labute approximate surface area is 152 Å².